The average Bonchev–Trinajstić information content (AvgIpc) is 3.52. The fraction of sp³-hybridized carbons (Fsp3) is 0.947. The first-order valence-corrected chi connectivity index (χ1v) is 19.0. The molecule has 3 aliphatic rings. The molecule has 286 valence electrons. The number of aliphatic carboxylic acids is 1. The second kappa shape index (κ2) is 15.8. The highest BCUT2D eigenvalue weighted by molar-refractivity contribution is 5.84. The molecular formula is C38H68O11. The normalized spacial score (nSPS) is 43.5. The molecule has 3 rings (SSSR count). The predicted molar refractivity (Wildman–Crippen MR) is 184 cm³/mol. The quantitative estimate of drug-likeness (QED) is 0.132. The van der Waals surface area contributed by atoms with Gasteiger partial charge in [-0.05, 0) is 57.8 Å². The third-order valence-corrected chi connectivity index (χ3v) is 13.1. The molecule has 0 aromatic rings. The van der Waals surface area contributed by atoms with Gasteiger partial charge in [0, 0.05) is 35.5 Å². The first-order chi connectivity index (χ1) is 22.7. The van der Waals surface area contributed by atoms with E-state index in [4.69, 9.17) is 14.2 Å². The Morgan fingerprint density at radius 1 is 0.918 bits per heavy atom. The van der Waals surface area contributed by atoms with E-state index in [-0.39, 0.29) is 24.0 Å². The van der Waals surface area contributed by atoms with Crippen molar-refractivity contribution in [3.63, 3.8) is 0 Å². The van der Waals surface area contributed by atoms with Gasteiger partial charge in [0.1, 0.15) is 17.3 Å². The third kappa shape index (κ3) is 7.26. The van der Waals surface area contributed by atoms with Crippen LogP contribution in [0.15, 0.2) is 0 Å². The number of rotatable bonds is 16. The summed E-state index contributed by atoms with van der Waals surface area (Å²) in [6.07, 6.45) is -0.779. The minimum Gasteiger partial charge on any atom is -0.481 e. The van der Waals surface area contributed by atoms with Crippen molar-refractivity contribution in [3.05, 3.63) is 0 Å². The lowest BCUT2D eigenvalue weighted by Gasteiger charge is -2.52. The molecule has 3 saturated heterocycles. The summed E-state index contributed by atoms with van der Waals surface area (Å²) in [5.41, 5.74) is -2.05. The molecule has 0 unspecified atom stereocenters. The van der Waals surface area contributed by atoms with Gasteiger partial charge in [0.2, 0.25) is 0 Å². The SMILES string of the molecule is CCC[C@H](O)[C@]1(CC)C[C@@H](C)[C@](O)([C@]2(C)C[C@@H](C)[C@H]([C@H](CC)C(=O)[C@@H](C)[C@H](O)[C@@H](C)[C@H]3O[C@@](O)([C@H](CC)C(=O)O)[C@@H](C)[C@H](O)[C@H]3CC)O2)O1. The molecule has 0 amide bonds. The summed E-state index contributed by atoms with van der Waals surface area (Å²) < 4.78 is 19.4. The van der Waals surface area contributed by atoms with E-state index in [1.54, 1.807) is 27.7 Å². The zero-order valence-electron chi connectivity index (χ0n) is 31.9. The van der Waals surface area contributed by atoms with E-state index in [1.165, 1.54) is 0 Å². The van der Waals surface area contributed by atoms with E-state index in [0.29, 0.717) is 38.5 Å². The van der Waals surface area contributed by atoms with Crippen LogP contribution in [0.4, 0.5) is 0 Å². The summed E-state index contributed by atoms with van der Waals surface area (Å²) in [6.45, 7) is 20.0. The highest BCUT2D eigenvalue weighted by Crippen LogP contribution is 2.56. The van der Waals surface area contributed by atoms with Gasteiger partial charge in [0.15, 0.2) is 11.6 Å². The molecule has 0 bridgehead atoms. The Hall–Kier alpha value is -1.18. The van der Waals surface area contributed by atoms with Gasteiger partial charge < -0.3 is 44.8 Å². The molecule has 0 aromatic heterocycles. The van der Waals surface area contributed by atoms with Crippen LogP contribution in [0.25, 0.3) is 0 Å². The molecule has 3 heterocycles. The predicted octanol–water partition coefficient (Wildman–Crippen LogP) is 4.67. The van der Waals surface area contributed by atoms with Crippen LogP contribution in [-0.2, 0) is 23.8 Å². The zero-order valence-corrected chi connectivity index (χ0v) is 31.9. The largest absolute Gasteiger partial charge is 0.481 e. The van der Waals surface area contributed by atoms with E-state index < -0.39 is 94.8 Å². The fourth-order valence-corrected chi connectivity index (χ4v) is 9.82. The molecule has 0 aliphatic carbocycles. The first kappa shape index (κ1) is 42.2. The maximum atomic E-state index is 14.3. The van der Waals surface area contributed by atoms with Crippen molar-refractivity contribution in [1.29, 1.82) is 0 Å². The number of hydrogen-bond donors (Lipinski definition) is 6. The van der Waals surface area contributed by atoms with Gasteiger partial charge in [-0.15, -0.1) is 0 Å². The van der Waals surface area contributed by atoms with Gasteiger partial charge in [-0.3, -0.25) is 9.59 Å². The number of ketones is 1. The molecule has 17 atom stereocenters. The summed E-state index contributed by atoms with van der Waals surface area (Å²) in [4.78, 5) is 26.4. The van der Waals surface area contributed by atoms with Crippen LogP contribution in [0.3, 0.4) is 0 Å². The van der Waals surface area contributed by atoms with Gasteiger partial charge in [-0.25, -0.2) is 0 Å². The van der Waals surface area contributed by atoms with Crippen molar-refractivity contribution in [2.75, 3.05) is 0 Å². The molecular weight excluding hydrogens is 632 g/mol. The lowest BCUT2D eigenvalue weighted by atomic mass is 9.69. The van der Waals surface area contributed by atoms with Gasteiger partial charge >= 0.3 is 5.97 Å². The summed E-state index contributed by atoms with van der Waals surface area (Å²) >= 11 is 0. The molecule has 0 saturated carbocycles. The molecule has 3 fully saturated rings. The van der Waals surface area contributed by atoms with Crippen molar-refractivity contribution in [2.24, 2.45) is 47.3 Å². The lowest BCUT2D eigenvalue weighted by Crippen LogP contribution is -2.64. The Morgan fingerprint density at radius 2 is 1.53 bits per heavy atom. The van der Waals surface area contributed by atoms with E-state index >= 15 is 0 Å². The maximum Gasteiger partial charge on any atom is 0.311 e. The van der Waals surface area contributed by atoms with Gasteiger partial charge in [0.05, 0.1) is 36.1 Å². The van der Waals surface area contributed by atoms with Crippen molar-refractivity contribution >= 4 is 11.8 Å². The Balaban J connectivity index is 1.85. The number of carboxylic acids is 1. The smallest absolute Gasteiger partial charge is 0.311 e. The zero-order chi connectivity index (χ0) is 37.4. The molecule has 0 radical (unpaired) electrons. The number of carbonyl (C=O) groups excluding carboxylic acids is 1. The van der Waals surface area contributed by atoms with Crippen LogP contribution in [0.2, 0.25) is 0 Å². The fourth-order valence-electron chi connectivity index (χ4n) is 9.82. The monoisotopic (exact) mass is 700 g/mol. The van der Waals surface area contributed by atoms with E-state index in [2.05, 4.69) is 0 Å². The molecule has 0 spiro atoms. The van der Waals surface area contributed by atoms with Gasteiger partial charge in [0.25, 0.3) is 0 Å². The number of carboxylic acid groups (broad SMARTS) is 1. The van der Waals surface area contributed by atoms with Crippen molar-refractivity contribution < 1.29 is 54.4 Å². The second-order valence-electron chi connectivity index (χ2n) is 16.2. The Bertz CT molecular complexity index is 1130. The maximum absolute atomic E-state index is 14.3. The highest BCUT2D eigenvalue weighted by Gasteiger charge is 2.67. The van der Waals surface area contributed by atoms with Crippen LogP contribution < -0.4 is 0 Å². The Morgan fingerprint density at radius 3 is 2.02 bits per heavy atom. The standard InChI is InChI=1S/C38H68O11/c1-12-17-28(39)36(16-5)19-21(7)38(46,49-36)35(11)18-20(6)32(47-35)25(13-2)30(41)22(8)29(40)23(9)33-26(14-3)31(42)24(10)37(45,48-33)27(15-4)34(43)44/h20-29,31-33,39-40,42,45-46H,12-19H2,1-11H3,(H,43,44)/t20-,21-,22+,23-,24+,25-,26-,27-,28+,29+,31+,32-,33-,35+,36+,37-,38-/m1/s1. The molecule has 6 N–H and O–H groups in total. The van der Waals surface area contributed by atoms with Crippen LogP contribution in [-0.4, -0.2) is 95.7 Å². The minimum absolute atomic E-state index is 0.0760. The third-order valence-electron chi connectivity index (χ3n) is 13.1. The number of hydrogen-bond acceptors (Lipinski definition) is 10. The first-order valence-electron chi connectivity index (χ1n) is 19.0. The van der Waals surface area contributed by atoms with Crippen LogP contribution in [0.5, 0.6) is 0 Å². The number of aliphatic hydroxyl groups is 5. The number of Topliss-reactive ketones (excluding diaryl/α,β-unsaturated/α-hetero) is 1. The van der Waals surface area contributed by atoms with E-state index in [1.807, 2.05) is 48.5 Å². The topological polar surface area (TPSA) is 183 Å². The van der Waals surface area contributed by atoms with Crippen molar-refractivity contribution in [3.8, 4) is 0 Å². The number of carbonyl (C=O) groups is 2. The summed E-state index contributed by atoms with van der Waals surface area (Å²) in [5.74, 6) is -10.7. The second-order valence-corrected chi connectivity index (χ2v) is 16.2. The minimum atomic E-state index is -2.16. The van der Waals surface area contributed by atoms with E-state index in [0.717, 1.165) is 6.42 Å². The molecule has 0 aromatic carbocycles. The van der Waals surface area contributed by atoms with Crippen molar-refractivity contribution in [1.82, 2.24) is 0 Å². The molecule has 11 nitrogen and oxygen atoms in total. The number of aliphatic hydroxyl groups excluding tert-OH is 3. The molecule has 3 aliphatic heterocycles. The van der Waals surface area contributed by atoms with Crippen LogP contribution >= 0.6 is 0 Å². The van der Waals surface area contributed by atoms with Crippen molar-refractivity contribution in [2.45, 2.75) is 181 Å². The lowest BCUT2D eigenvalue weighted by molar-refractivity contribution is -0.348. The van der Waals surface area contributed by atoms with E-state index in [9.17, 15) is 40.2 Å². The summed E-state index contributed by atoms with van der Waals surface area (Å²) in [7, 11) is 0. The highest BCUT2D eigenvalue weighted by atomic mass is 16.7. The summed E-state index contributed by atoms with van der Waals surface area (Å²) in [5, 5.41) is 67.8. The van der Waals surface area contributed by atoms with Gasteiger partial charge in [-0.2, -0.15) is 0 Å². The summed E-state index contributed by atoms with van der Waals surface area (Å²) in [6, 6.07) is 0. The number of ether oxygens (including phenoxy) is 3. The average molecular weight is 701 g/mol. The molecule has 49 heavy (non-hydrogen) atoms. The van der Waals surface area contributed by atoms with Crippen LogP contribution in [0.1, 0.15) is 128 Å². The Kier molecular flexibility index (Phi) is 13.6. The van der Waals surface area contributed by atoms with Crippen LogP contribution in [0, 0.1) is 47.3 Å². The molecule has 11 heteroatoms. The van der Waals surface area contributed by atoms with Gasteiger partial charge in [-0.1, -0.05) is 75.7 Å². The Labute approximate surface area is 294 Å².